The smallest absolute Gasteiger partial charge is 0.305 e. The van der Waals surface area contributed by atoms with E-state index in [1.807, 2.05) is 0 Å². The van der Waals surface area contributed by atoms with Gasteiger partial charge in [-0.15, -0.1) is 0 Å². The highest BCUT2D eigenvalue weighted by Gasteiger charge is 2.57. The van der Waals surface area contributed by atoms with Crippen LogP contribution in [0.25, 0.3) is 0 Å². The number of unbranched alkanes of at least 4 members (excludes halogenated alkanes) is 17. The molecule has 4 aliphatic heterocycles. The van der Waals surface area contributed by atoms with Crippen LogP contribution in [0.3, 0.4) is 0 Å². The molecule has 4 saturated heterocycles. The Balaban J connectivity index is 1.07. The zero-order valence-electron chi connectivity index (χ0n) is 50.4. The van der Waals surface area contributed by atoms with Gasteiger partial charge in [-0.1, -0.05) is 108 Å². The number of carbonyl (C=O) groups excluding carboxylic acids is 1. The lowest BCUT2D eigenvalue weighted by atomic mass is 9.84. The number of esters is 1. The molecule has 0 amide bonds. The van der Waals surface area contributed by atoms with E-state index in [0.29, 0.717) is 6.42 Å². The molecule has 5 fully saturated rings. The maximum atomic E-state index is 13.2. The van der Waals surface area contributed by atoms with E-state index in [2.05, 4.69) is 24.8 Å². The first kappa shape index (κ1) is 78.0. The van der Waals surface area contributed by atoms with Crippen LogP contribution in [0.5, 0.6) is 0 Å². The number of phosphoric acid groups is 1. The van der Waals surface area contributed by atoms with E-state index in [4.69, 9.17) is 51.7 Å². The third-order valence-corrected chi connectivity index (χ3v) is 17.7. The maximum absolute atomic E-state index is 13.2. The molecule has 0 spiro atoms. The number of aliphatic hydroxyl groups excluding tert-OH is 17. The molecule has 1 unspecified atom stereocenters. The Labute approximate surface area is 517 Å². The summed E-state index contributed by atoms with van der Waals surface area (Å²) in [5.41, 5.74) is 3.77. The van der Waals surface area contributed by atoms with Crippen LogP contribution >= 0.6 is 7.82 Å². The number of aliphatic hydroxyl groups is 17. The normalized spacial score (nSPS) is 39.9. The number of rotatable bonds is 39. The van der Waals surface area contributed by atoms with Crippen molar-refractivity contribution < 1.29 is 158 Å². The lowest BCUT2D eigenvalue weighted by Gasteiger charge is -2.48. The summed E-state index contributed by atoms with van der Waals surface area (Å²) in [6.45, 7) is -3.34. The van der Waals surface area contributed by atoms with Gasteiger partial charge in [0.1, 0.15) is 141 Å². The maximum Gasteiger partial charge on any atom is 0.305 e. The third kappa shape index (κ3) is 23.0. The largest absolute Gasteiger partial charge is 0.756 e. The van der Waals surface area contributed by atoms with Crippen LogP contribution in [0.1, 0.15) is 129 Å². The monoisotopic (exact) mass is 1320 g/mol. The summed E-state index contributed by atoms with van der Waals surface area (Å²) in [5, 5.41) is 181. The van der Waals surface area contributed by atoms with Gasteiger partial charge < -0.3 is 149 Å². The van der Waals surface area contributed by atoms with E-state index >= 15 is 0 Å². The quantitative estimate of drug-likeness (QED) is 0.0118. The Bertz CT molecular complexity index is 2040. The first-order valence-corrected chi connectivity index (χ1v) is 32.7. The van der Waals surface area contributed by atoms with Gasteiger partial charge in [-0.2, -0.15) is 0 Å². The van der Waals surface area contributed by atoms with Crippen LogP contribution in [0.2, 0.25) is 0 Å². The Kier molecular flexibility index (Phi) is 34.5. The minimum Gasteiger partial charge on any atom is -0.756 e. The zero-order valence-corrected chi connectivity index (χ0v) is 51.3. The lowest BCUT2D eigenvalue weighted by molar-refractivity contribution is -0.511. The second kappa shape index (κ2) is 39.3. The number of ether oxygens (including phenoxy) is 9. The number of hydrogen-bond acceptors (Lipinski definition) is 31. The summed E-state index contributed by atoms with van der Waals surface area (Å²) in [6, 6.07) is -1.61. The fourth-order valence-electron chi connectivity index (χ4n) is 11.2. The van der Waals surface area contributed by atoms with Gasteiger partial charge in [0.15, 0.2) is 24.9 Å². The van der Waals surface area contributed by atoms with Gasteiger partial charge in [0.05, 0.1) is 33.0 Å². The lowest BCUT2D eigenvalue weighted by Crippen LogP contribution is -2.79. The molecule has 522 valence electrons. The molecule has 89 heavy (non-hydrogen) atoms. The Morgan fingerprint density at radius 3 is 1.40 bits per heavy atom. The second-order valence-corrected chi connectivity index (χ2v) is 25.0. The van der Waals surface area contributed by atoms with Crippen molar-refractivity contribution in [2.45, 2.75) is 294 Å². The predicted molar refractivity (Wildman–Crippen MR) is 299 cm³/mol. The van der Waals surface area contributed by atoms with Crippen LogP contribution in [-0.2, 0) is 61.0 Å². The second-order valence-electron chi connectivity index (χ2n) is 23.7. The molecule has 0 aromatic rings. The summed E-state index contributed by atoms with van der Waals surface area (Å²) in [7, 11) is -5.68. The van der Waals surface area contributed by atoms with Crippen LogP contribution in [0, 0.1) is 0 Å². The van der Waals surface area contributed by atoms with Crippen LogP contribution in [-0.4, -0.2) is 298 Å². The highest BCUT2D eigenvalue weighted by Crippen LogP contribution is 2.44. The van der Waals surface area contributed by atoms with Crippen molar-refractivity contribution in [2.24, 2.45) is 0 Å². The van der Waals surface area contributed by atoms with Crippen LogP contribution < -0.4 is 10.6 Å². The van der Waals surface area contributed by atoms with Gasteiger partial charge in [0.25, 0.3) is 7.82 Å². The zero-order chi connectivity index (χ0) is 65.5. The van der Waals surface area contributed by atoms with Crippen LogP contribution in [0.15, 0.2) is 12.2 Å². The van der Waals surface area contributed by atoms with Crippen LogP contribution in [0.4, 0.5) is 0 Å². The van der Waals surface area contributed by atoms with Gasteiger partial charge in [0.2, 0.25) is 6.29 Å². The van der Waals surface area contributed by atoms with Crippen molar-refractivity contribution in [3.05, 3.63) is 12.2 Å². The number of carbonyl (C=O) groups is 1. The molecule has 0 aromatic heterocycles. The van der Waals surface area contributed by atoms with Crippen molar-refractivity contribution in [3.8, 4) is 0 Å². The standard InChI is InChI=1S/C56H102NO31P/c1-2-3-4-5-6-7-8-9-10-11-12-13-14-15-16-17-18-19-20-21-22-34(62)78-26-29(61)27-80-89(76,77)88-51-46(73)43(70)42(69)45(72)50(51)86-53-35(57)39(66)49(32(25-60)83-53)85-55-48(75)41(68)38(65)33(84-55)28-79-56-52(44(71)37(64)31(24-59)82-56)87-54-47(74)40(67)36(63)30(23-58)81-54/h2-3,29-33,35-56,58-61,63-75H,4-28,57H2,1H3,(H,76,77)/b3-2-/t29-,30+,31+,32+,33+,35+,36+,37-,38-,39+,40-,41-,42+,43+,44-,45-,46+,47-,48+,49+,50+,51+,52+,53+,54+,55+,56-/m0/s1. The van der Waals surface area contributed by atoms with E-state index in [-0.39, 0.29) is 6.42 Å². The van der Waals surface area contributed by atoms with Gasteiger partial charge in [0, 0.05) is 6.42 Å². The molecule has 1 saturated carbocycles. The third-order valence-electron chi connectivity index (χ3n) is 16.8. The van der Waals surface area contributed by atoms with Crippen molar-refractivity contribution in [1.82, 2.24) is 0 Å². The molecule has 4 heterocycles. The van der Waals surface area contributed by atoms with Crippen molar-refractivity contribution >= 4 is 13.8 Å². The number of phosphoric ester groups is 1. The Morgan fingerprint density at radius 2 is 0.888 bits per heavy atom. The van der Waals surface area contributed by atoms with Crippen molar-refractivity contribution in [3.63, 3.8) is 0 Å². The van der Waals surface area contributed by atoms with Crippen molar-refractivity contribution in [1.29, 1.82) is 0 Å². The highest BCUT2D eigenvalue weighted by atomic mass is 31.2. The first-order chi connectivity index (χ1) is 42.4. The molecule has 32 nitrogen and oxygen atoms in total. The molecule has 0 aromatic carbocycles. The van der Waals surface area contributed by atoms with E-state index in [1.54, 1.807) is 0 Å². The van der Waals surface area contributed by atoms with E-state index in [9.17, 15) is 101 Å². The number of hydrogen-bond donors (Lipinski definition) is 18. The fourth-order valence-corrected chi connectivity index (χ4v) is 12.2. The molecular weight excluding hydrogens is 1210 g/mol. The summed E-state index contributed by atoms with van der Waals surface area (Å²) in [4.78, 5) is 25.5. The highest BCUT2D eigenvalue weighted by molar-refractivity contribution is 7.45. The minimum absolute atomic E-state index is 0.0609. The minimum atomic E-state index is -5.68. The summed E-state index contributed by atoms with van der Waals surface area (Å²) >= 11 is 0. The van der Waals surface area contributed by atoms with E-state index in [0.717, 1.165) is 25.7 Å². The molecule has 33 heteroatoms. The topological polar surface area (TPSA) is 530 Å². The van der Waals surface area contributed by atoms with Crippen molar-refractivity contribution in [2.75, 3.05) is 39.6 Å². The van der Waals surface area contributed by atoms with Gasteiger partial charge >= 0.3 is 5.97 Å². The fraction of sp³-hybridized carbons (Fsp3) is 0.946. The molecule has 5 aliphatic rings. The summed E-state index contributed by atoms with van der Waals surface area (Å²) in [6.07, 6.45) is -25.8. The summed E-state index contributed by atoms with van der Waals surface area (Å²) < 4.78 is 73.4. The Hall–Kier alpha value is -1.72. The number of quaternary nitrogens is 1. The van der Waals surface area contributed by atoms with Gasteiger partial charge in [-0.05, 0) is 26.2 Å². The molecule has 0 bridgehead atoms. The SMILES string of the molecule is C/C=C\CCCCCCCCCCCCCCCCCCCC(=O)OC[C@H](O)COP(=O)([O-])O[C@@H]1[C@H](O)[C@H](O)[C@@H](O)[C@H](O)[C@H]1O[C@H]1O[C@H](CO)[C@@H](O[C@H]2O[C@H](CO[C@H]3O[C@H](CO)[C@H](O)[C@H](O)[C@H]3O[C@H]3O[C@H](CO)[C@@H](O)[C@H](O)[C@@H]3O)[C@H](O)[C@H](O)[C@H]2O)[C@H](O)[C@H]1[NH3+]. The number of allylic oxidation sites excluding steroid dienone is 2. The molecule has 1 aliphatic carbocycles. The molecule has 5 rings (SSSR count). The average Bonchev–Trinajstić information content (AvgIpc) is 1.11. The van der Waals surface area contributed by atoms with E-state index in [1.165, 1.54) is 83.5 Å². The molecular formula is C56H102NO31P. The van der Waals surface area contributed by atoms with Gasteiger partial charge in [-0.25, -0.2) is 0 Å². The average molecular weight is 1320 g/mol. The van der Waals surface area contributed by atoms with Gasteiger partial charge in [-0.3, -0.25) is 9.36 Å². The molecule has 0 radical (unpaired) electrons. The first-order valence-electron chi connectivity index (χ1n) is 31.2. The molecule has 28 atom stereocenters. The Morgan fingerprint density at radius 1 is 0.483 bits per heavy atom. The molecule has 20 N–H and O–H groups in total. The van der Waals surface area contributed by atoms with E-state index < -0.39 is 219 Å². The summed E-state index contributed by atoms with van der Waals surface area (Å²) in [5.74, 6) is -0.635. The predicted octanol–water partition coefficient (Wildman–Crippen LogP) is -5.89.